The molecule has 0 spiro atoms. The number of hydrogen-bond donors (Lipinski definition) is 2. The van der Waals surface area contributed by atoms with E-state index in [2.05, 4.69) is 24.6 Å². The predicted molar refractivity (Wildman–Crippen MR) is 82.7 cm³/mol. The zero-order valence-corrected chi connectivity index (χ0v) is 12.8. The van der Waals surface area contributed by atoms with Crippen LogP contribution >= 0.6 is 11.5 Å². The Kier molecular flexibility index (Phi) is 3.21. The van der Waals surface area contributed by atoms with Crippen molar-refractivity contribution in [3.63, 3.8) is 0 Å². The highest BCUT2D eigenvalue weighted by Gasteiger charge is 2.20. The van der Waals surface area contributed by atoms with Gasteiger partial charge in [-0.15, -0.1) is 0 Å². The summed E-state index contributed by atoms with van der Waals surface area (Å²) in [4.78, 5) is 23.7. The van der Waals surface area contributed by atoms with Gasteiger partial charge in [0.1, 0.15) is 5.82 Å². The molecule has 0 unspecified atom stereocenters. The van der Waals surface area contributed by atoms with Crippen LogP contribution in [0.4, 0.5) is 5.13 Å². The van der Waals surface area contributed by atoms with Crippen molar-refractivity contribution in [1.82, 2.24) is 19.3 Å². The number of fused-ring (bicyclic) bond motifs is 1. The standard InChI is InChI=1S/C14H15N5OS/c1-14(2,3)12-18-13(21-19-12)17-11(20)8-4-5-9-10(6-8)16-7-15-9/h4-7H,1-3H3,(H,15,16)(H,17,18,19,20). The Balaban J connectivity index is 1.81. The Morgan fingerprint density at radius 1 is 1.33 bits per heavy atom. The molecule has 21 heavy (non-hydrogen) atoms. The first-order valence-corrected chi connectivity index (χ1v) is 7.29. The number of H-pyrrole nitrogens is 1. The van der Waals surface area contributed by atoms with Crippen LogP contribution in [0.3, 0.4) is 0 Å². The Morgan fingerprint density at radius 2 is 2.14 bits per heavy atom. The van der Waals surface area contributed by atoms with E-state index < -0.39 is 0 Å². The second-order valence-electron chi connectivity index (χ2n) is 5.76. The topological polar surface area (TPSA) is 83.6 Å². The van der Waals surface area contributed by atoms with Crippen LogP contribution in [0.25, 0.3) is 11.0 Å². The van der Waals surface area contributed by atoms with E-state index in [0.29, 0.717) is 10.7 Å². The zero-order chi connectivity index (χ0) is 15.0. The normalized spacial score (nSPS) is 11.8. The number of rotatable bonds is 2. The summed E-state index contributed by atoms with van der Waals surface area (Å²) in [7, 11) is 0. The number of carbonyl (C=O) groups is 1. The molecule has 0 aliphatic carbocycles. The quantitative estimate of drug-likeness (QED) is 0.762. The third-order valence-corrected chi connectivity index (χ3v) is 3.63. The minimum absolute atomic E-state index is 0.131. The molecule has 0 radical (unpaired) electrons. The number of nitrogens with one attached hydrogen (secondary N) is 2. The third-order valence-electron chi connectivity index (χ3n) is 3.00. The molecule has 3 rings (SSSR count). The zero-order valence-electron chi connectivity index (χ0n) is 12.0. The summed E-state index contributed by atoms with van der Waals surface area (Å²) in [5.74, 6) is 0.523. The van der Waals surface area contributed by atoms with Crippen LogP contribution in [0.5, 0.6) is 0 Å². The smallest absolute Gasteiger partial charge is 0.257 e. The Morgan fingerprint density at radius 3 is 2.86 bits per heavy atom. The molecular weight excluding hydrogens is 286 g/mol. The Labute approximate surface area is 125 Å². The average molecular weight is 301 g/mol. The molecule has 3 aromatic rings. The lowest BCUT2D eigenvalue weighted by Gasteiger charge is -2.12. The van der Waals surface area contributed by atoms with Crippen LogP contribution in [0, 0.1) is 0 Å². The maximum atomic E-state index is 12.2. The fourth-order valence-electron chi connectivity index (χ4n) is 1.83. The van der Waals surface area contributed by atoms with Gasteiger partial charge in [-0.2, -0.15) is 4.37 Å². The minimum atomic E-state index is -0.205. The summed E-state index contributed by atoms with van der Waals surface area (Å²) in [6.07, 6.45) is 1.60. The molecule has 108 valence electrons. The lowest BCUT2D eigenvalue weighted by molar-refractivity contribution is 0.102. The largest absolute Gasteiger partial charge is 0.345 e. The molecule has 6 nitrogen and oxygen atoms in total. The number of nitrogens with zero attached hydrogens (tertiary/aromatic N) is 3. The van der Waals surface area contributed by atoms with E-state index in [1.807, 2.05) is 20.8 Å². The van der Waals surface area contributed by atoms with Crippen LogP contribution in [0.1, 0.15) is 37.0 Å². The number of anilines is 1. The van der Waals surface area contributed by atoms with Gasteiger partial charge in [0.05, 0.1) is 17.4 Å². The number of carbonyl (C=O) groups excluding carboxylic acids is 1. The molecule has 0 saturated heterocycles. The molecule has 2 N–H and O–H groups in total. The summed E-state index contributed by atoms with van der Waals surface area (Å²) in [5.41, 5.74) is 2.08. The molecule has 2 heterocycles. The van der Waals surface area contributed by atoms with E-state index in [1.54, 1.807) is 24.5 Å². The number of benzene rings is 1. The lowest BCUT2D eigenvalue weighted by Crippen LogP contribution is -2.15. The van der Waals surface area contributed by atoms with Gasteiger partial charge in [-0.3, -0.25) is 10.1 Å². The van der Waals surface area contributed by atoms with Crippen molar-refractivity contribution in [2.75, 3.05) is 5.32 Å². The number of hydrogen-bond acceptors (Lipinski definition) is 5. The van der Waals surface area contributed by atoms with Crippen molar-refractivity contribution >= 4 is 33.6 Å². The van der Waals surface area contributed by atoms with Crippen LogP contribution in [-0.4, -0.2) is 25.2 Å². The van der Waals surface area contributed by atoms with Crippen LogP contribution in [0.15, 0.2) is 24.5 Å². The summed E-state index contributed by atoms with van der Waals surface area (Å²) in [6, 6.07) is 5.31. The number of imidazole rings is 1. The number of aromatic amines is 1. The monoisotopic (exact) mass is 301 g/mol. The molecule has 0 atom stereocenters. The van der Waals surface area contributed by atoms with Gasteiger partial charge in [-0.05, 0) is 18.2 Å². The summed E-state index contributed by atoms with van der Waals surface area (Å²) in [5, 5.41) is 3.29. The highest BCUT2D eigenvalue weighted by molar-refractivity contribution is 7.09. The van der Waals surface area contributed by atoms with Gasteiger partial charge < -0.3 is 4.98 Å². The molecule has 1 amide bonds. The molecule has 0 saturated carbocycles. The van der Waals surface area contributed by atoms with Gasteiger partial charge in [-0.1, -0.05) is 20.8 Å². The van der Waals surface area contributed by atoms with Crippen molar-refractivity contribution < 1.29 is 4.79 Å². The SMILES string of the molecule is CC(C)(C)c1nsc(NC(=O)c2ccc3nc[nH]c3c2)n1. The van der Waals surface area contributed by atoms with E-state index in [0.717, 1.165) is 16.9 Å². The maximum absolute atomic E-state index is 12.2. The van der Waals surface area contributed by atoms with E-state index in [9.17, 15) is 4.79 Å². The average Bonchev–Trinajstić information content (AvgIpc) is 3.04. The molecule has 0 aliphatic rings. The number of amides is 1. The van der Waals surface area contributed by atoms with Gasteiger partial charge in [0.2, 0.25) is 5.13 Å². The van der Waals surface area contributed by atoms with Gasteiger partial charge in [0, 0.05) is 22.5 Å². The summed E-state index contributed by atoms with van der Waals surface area (Å²) < 4.78 is 4.28. The van der Waals surface area contributed by atoms with Crippen molar-refractivity contribution in [2.45, 2.75) is 26.2 Å². The predicted octanol–water partition coefficient (Wildman–Crippen LogP) is 2.96. The van der Waals surface area contributed by atoms with E-state index >= 15 is 0 Å². The van der Waals surface area contributed by atoms with Crippen LogP contribution in [0.2, 0.25) is 0 Å². The van der Waals surface area contributed by atoms with E-state index in [4.69, 9.17) is 0 Å². The highest BCUT2D eigenvalue weighted by Crippen LogP contribution is 2.23. The van der Waals surface area contributed by atoms with Gasteiger partial charge in [0.15, 0.2) is 0 Å². The first-order valence-electron chi connectivity index (χ1n) is 6.52. The van der Waals surface area contributed by atoms with Crippen molar-refractivity contribution in [3.05, 3.63) is 35.9 Å². The Bertz CT molecular complexity index is 799. The van der Waals surface area contributed by atoms with Gasteiger partial charge in [0.25, 0.3) is 5.91 Å². The first-order chi connectivity index (χ1) is 9.93. The fraction of sp³-hybridized carbons (Fsp3) is 0.286. The first kappa shape index (κ1) is 13.7. The Hall–Kier alpha value is -2.28. The van der Waals surface area contributed by atoms with Gasteiger partial charge in [-0.25, -0.2) is 9.97 Å². The molecule has 1 aromatic carbocycles. The summed E-state index contributed by atoms with van der Waals surface area (Å²) >= 11 is 1.19. The van der Waals surface area contributed by atoms with Crippen molar-refractivity contribution in [1.29, 1.82) is 0 Å². The lowest BCUT2D eigenvalue weighted by atomic mass is 9.96. The van der Waals surface area contributed by atoms with Crippen molar-refractivity contribution in [3.8, 4) is 0 Å². The minimum Gasteiger partial charge on any atom is -0.345 e. The second-order valence-corrected chi connectivity index (χ2v) is 6.51. The molecule has 2 aromatic heterocycles. The summed E-state index contributed by atoms with van der Waals surface area (Å²) in [6.45, 7) is 6.10. The second kappa shape index (κ2) is 4.92. The molecule has 7 heteroatoms. The molecular formula is C14H15N5OS. The maximum Gasteiger partial charge on any atom is 0.257 e. The van der Waals surface area contributed by atoms with Gasteiger partial charge >= 0.3 is 0 Å². The fourth-order valence-corrected chi connectivity index (χ4v) is 2.58. The molecule has 0 fully saturated rings. The van der Waals surface area contributed by atoms with E-state index in [-0.39, 0.29) is 11.3 Å². The van der Waals surface area contributed by atoms with Crippen LogP contribution in [-0.2, 0) is 5.41 Å². The van der Waals surface area contributed by atoms with Crippen molar-refractivity contribution in [2.24, 2.45) is 0 Å². The van der Waals surface area contributed by atoms with Crippen LogP contribution < -0.4 is 5.32 Å². The third kappa shape index (κ3) is 2.78. The number of aromatic nitrogens is 4. The molecule has 0 aliphatic heterocycles. The van der Waals surface area contributed by atoms with E-state index in [1.165, 1.54) is 11.5 Å². The molecule has 0 bridgehead atoms. The highest BCUT2D eigenvalue weighted by atomic mass is 32.1.